The van der Waals surface area contributed by atoms with Crippen molar-refractivity contribution in [2.45, 2.75) is 50.9 Å². The number of fused-ring (bicyclic) bond motifs is 1. The Morgan fingerprint density at radius 1 is 0.918 bits per heavy atom. The molecule has 6 rings (SSSR count). The van der Waals surface area contributed by atoms with Crippen molar-refractivity contribution in [2.75, 3.05) is 46.4 Å². The zero-order valence-corrected chi connectivity index (χ0v) is 27.9. The van der Waals surface area contributed by atoms with Gasteiger partial charge >= 0.3 is 6.01 Å². The highest BCUT2D eigenvalue weighted by molar-refractivity contribution is 5.92. The molecule has 2 aromatic carbocycles. The van der Waals surface area contributed by atoms with E-state index in [0.717, 1.165) is 0 Å². The van der Waals surface area contributed by atoms with E-state index in [0.29, 0.717) is 50.5 Å². The number of nitrogens with zero attached hydrogens (tertiary/aromatic N) is 7. The summed E-state index contributed by atoms with van der Waals surface area (Å²) in [7, 11) is 1.47. The van der Waals surface area contributed by atoms with E-state index in [9.17, 15) is 13.6 Å². The average molecular weight is 674 g/mol. The van der Waals surface area contributed by atoms with Crippen LogP contribution in [0.2, 0.25) is 0 Å². The second-order valence-corrected chi connectivity index (χ2v) is 12.5. The fourth-order valence-electron chi connectivity index (χ4n) is 6.83. The van der Waals surface area contributed by atoms with Crippen molar-refractivity contribution in [1.29, 1.82) is 0 Å². The van der Waals surface area contributed by atoms with Crippen molar-refractivity contribution < 1.29 is 27.8 Å². The van der Waals surface area contributed by atoms with Gasteiger partial charge in [-0.25, -0.2) is 13.8 Å². The smallest absolute Gasteiger partial charge is 0.323 e. The second-order valence-electron chi connectivity index (χ2n) is 12.5. The lowest BCUT2D eigenvalue weighted by Gasteiger charge is -2.53. The molecule has 1 amide bonds. The molecule has 2 saturated heterocycles. The summed E-state index contributed by atoms with van der Waals surface area (Å²) >= 11 is 0. The van der Waals surface area contributed by atoms with Gasteiger partial charge in [-0.1, -0.05) is 60.7 Å². The molecular formula is C36H41F2N7O4. The molecular weight excluding hydrogens is 632 g/mol. The lowest BCUT2D eigenvalue weighted by Crippen LogP contribution is -2.67. The number of amides is 1. The number of piperazine rings is 2. The highest BCUT2D eigenvalue weighted by Crippen LogP contribution is 2.38. The van der Waals surface area contributed by atoms with Crippen molar-refractivity contribution in [2.24, 2.45) is 0 Å². The zero-order valence-electron chi connectivity index (χ0n) is 27.9. The lowest BCUT2D eigenvalue weighted by atomic mass is 9.81. The first kappa shape index (κ1) is 34.1. The first-order valence-electron chi connectivity index (χ1n) is 16.5. The lowest BCUT2D eigenvalue weighted by molar-refractivity contribution is -0.0294. The van der Waals surface area contributed by atoms with E-state index in [1.54, 1.807) is 6.20 Å². The van der Waals surface area contributed by atoms with E-state index in [1.165, 1.54) is 30.6 Å². The van der Waals surface area contributed by atoms with Crippen LogP contribution in [0.25, 0.3) is 0 Å². The quantitative estimate of drug-likeness (QED) is 0.213. The molecule has 2 aliphatic rings. The third-order valence-corrected chi connectivity index (χ3v) is 8.81. The second kappa shape index (κ2) is 15.6. The van der Waals surface area contributed by atoms with Crippen LogP contribution in [0.1, 0.15) is 46.9 Å². The number of benzene rings is 2. The SMILES string of the molecule is COc1nc(OCC(F)F)nc(OC(C)C)c1CN1CC2CN(C(=O)c3cnccn3)CCN2C(C(c2ccccc2)c2ccccc2)C1. The van der Waals surface area contributed by atoms with Crippen LogP contribution in [-0.2, 0) is 6.54 Å². The topological polar surface area (TPSA) is 106 Å². The Morgan fingerprint density at radius 3 is 2.22 bits per heavy atom. The summed E-state index contributed by atoms with van der Waals surface area (Å²) in [6.07, 6.45) is 1.64. The van der Waals surface area contributed by atoms with Crippen LogP contribution in [0.15, 0.2) is 79.3 Å². The van der Waals surface area contributed by atoms with Crippen molar-refractivity contribution in [3.8, 4) is 17.8 Å². The molecule has 2 unspecified atom stereocenters. The van der Waals surface area contributed by atoms with Crippen LogP contribution in [0.5, 0.6) is 17.8 Å². The summed E-state index contributed by atoms with van der Waals surface area (Å²) in [5, 5.41) is 0. The molecule has 0 N–H and O–H groups in total. The van der Waals surface area contributed by atoms with Gasteiger partial charge in [0.2, 0.25) is 11.8 Å². The third-order valence-electron chi connectivity index (χ3n) is 8.81. The Morgan fingerprint density at radius 2 is 1.61 bits per heavy atom. The van der Waals surface area contributed by atoms with Gasteiger partial charge in [0.05, 0.1) is 25.0 Å². The zero-order chi connectivity index (χ0) is 34.3. The summed E-state index contributed by atoms with van der Waals surface area (Å²) < 4.78 is 42.9. The Balaban J connectivity index is 1.37. The van der Waals surface area contributed by atoms with Crippen LogP contribution in [0, 0.1) is 0 Å². The van der Waals surface area contributed by atoms with E-state index in [-0.39, 0.29) is 47.8 Å². The number of carbonyl (C=O) groups is 1. The van der Waals surface area contributed by atoms with Gasteiger partial charge in [-0.2, -0.15) is 9.97 Å². The predicted molar refractivity (Wildman–Crippen MR) is 178 cm³/mol. The Bertz CT molecular complexity index is 1630. The number of hydrogen-bond acceptors (Lipinski definition) is 10. The van der Waals surface area contributed by atoms with Gasteiger partial charge in [-0.3, -0.25) is 19.6 Å². The van der Waals surface area contributed by atoms with Gasteiger partial charge in [-0.15, -0.1) is 0 Å². The normalized spacial score (nSPS) is 18.5. The molecule has 0 aliphatic carbocycles. The first-order valence-corrected chi connectivity index (χ1v) is 16.5. The van der Waals surface area contributed by atoms with Crippen LogP contribution in [0.4, 0.5) is 8.78 Å². The number of halogens is 2. The summed E-state index contributed by atoms with van der Waals surface area (Å²) in [6, 6.07) is 20.8. The molecule has 11 nitrogen and oxygen atoms in total. The maximum absolute atomic E-state index is 13.5. The minimum absolute atomic E-state index is 0.0157. The highest BCUT2D eigenvalue weighted by atomic mass is 19.3. The molecule has 0 bridgehead atoms. The molecule has 0 saturated carbocycles. The molecule has 0 radical (unpaired) electrons. The Hall–Kier alpha value is -4.75. The molecule has 2 aromatic heterocycles. The van der Waals surface area contributed by atoms with Crippen molar-refractivity contribution >= 4 is 5.91 Å². The fourth-order valence-corrected chi connectivity index (χ4v) is 6.83. The molecule has 13 heteroatoms. The predicted octanol–water partition coefficient (Wildman–Crippen LogP) is 4.55. The van der Waals surface area contributed by atoms with Crippen molar-refractivity contribution in [3.63, 3.8) is 0 Å². The monoisotopic (exact) mass is 673 g/mol. The molecule has 4 heterocycles. The largest absolute Gasteiger partial charge is 0.481 e. The minimum Gasteiger partial charge on any atom is -0.481 e. The number of methoxy groups -OCH3 is 1. The number of ether oxygens (including phenoxy) is 3. The maximum Gasteiger partial charge on any atom is 0.323 e. The van der Waals surface area contributed by atoms with E-state index >= 15 is 0 Å². The van der Waals surface area contributed by atoms with Crippen LogP contribution < -0.4 is 14.2 Å². The molecule has 2 fully saturated rings. The first-order chi connectivity index (χ1) is 23.8. The molecule has 0 spiro atoms. The van der Waals surface area contributed by atoms with Gasteiger partial charge in [-0.05, 0) is 25.0 Å². The average Bonchev–Trinajstić information content (AvgIpc) is 3.12. The van der Waals surface area contributed by atoms with Crippen LogP contribution >= 0.6 is 0 Å². The Kier molecular flexibility index (Phi) is 10.9. The standard InChI is InChI=1S/C36H41F2N7O4/c1-24(2)49-34-28(33(47-3)41-36(42-34)48-23-31(37)38)21-43-19-27-20-44(35(46)29-18-39-14-15-40-29)16-17-45(27)30(22-43)32(25-10-6-4-7-11-25)26-12-8-5-9-13-26/h4-15,18,24,27,30-32H,16-17,19-23H2,1-3H3. The Labute approximate surface area is 284 Å². The van der Waals surface area contributed by atoms with Crippen molar-refractivity contribution in [3.05, 3.63) is 102 Å². The molecule has 2 aliphatic heterocycles. The van der Waals surface area contributed by atoms with E-state index in [4.69, 9.17) is 14.2 Å². The summed E-state index contributed by atoms with van der Waals surface area (Å²) in [6.45, 7) is 6.30. The number of carbonyl (C=O) groups excluding carboxylic acids is 1. The third kappa shape index (κ3) is 8.11. The van der Waals surface area contributed by atoms with Gasteiger partial charge < -0.3 is 19.1 Å². The summed E-state index contributed by atoms with van der Waals surface area (Å²) in [5.41, 5.74) is 3.30. The van der Waals surface area contributed by atoms with E-state index in [1.807, 2.05) is 30.9 Å². The molecule has 2 atom stereocenters. The summed E-state index contributed by atoms with van der Waals surface area (Å²) in [4.78, 5) is 37.3. The van der Waals surface area contributed by atoms with Gasteiger partial charge in [0.1, 0.15) is 5.69 Å². The van der Waals surface area contributed by atoms with Gasteiger partial charge in [0.15, 0.2) is 6.61 Å². The fraction of sp³-hybridized carbons (Fsp3) is 0.417. The molecule has 258 valence electrons. The summed E-state index contributed by atoms with van der Waals surface area (Å²) in [5.74, 6) is 0.297. The van der Waals surface area contributed by atoms with E-state index in [2.05, 4.69) is 78.3 Å². The number of aromatic nitrogens is 4. The van der Waals surface area contributed by atoms with Crippen LogP contribution in [-0.4, -0.2) is 112 Å². The van der Waals surface area contributed by atoms with Crippen LogP contribution in [0.3, 0.4) is 0 Å². The van der Waals surface area contributed by atoms with Gasteiger partial charge in [0, 0.05) is 69.7 Å². The number of alkyl halides is 2. The number of rotatable bonds is 12. The van der Waals surface area contributed by atoms with Gasteiger partial charge in [0.25, 0.3) is 12.3 Å². The number of hydrogen-bond donors (Lipinski definition) is 0. The van der Waals surface area contributed by atoms with Crippen molar-refractivity contribution in [1.82, 2.24) is 34.6 Å². The minimum atomic E-state index is -2.69. The highest BCUT2D eigenvalue weighted by Gasteiger charge is 2.43. The van der Waals surface area contributed by atoms with E-state index < -0.39 is 13.0 Å². The molecule has 49 heavy (non-hydrogen) atoms. The maximum atomic E-state index is 13.5. The molecule has 4 aromatic rings.